The van der Waals surface area contributed by atoms with Gasteiger partial charge >= 0.3 is 0 Å². The molecule has 104 valence electrons. The first kappa shape index (κ1) is 15.0. The number of ether oxygens (including phenoxy) is 2. The number of hydrogen-bond acceptors (Lipinski definition) is 4. The first-order chi connectivity index (χ1) is 8.90. The lowest BCUT2D eigenvalue weighted by Gasteiger charge is -2.17. The monoisotopic (exact) mass is 265 g/mol. The van der Waals surface area contributed by atoms with Crippen molar-refractivity contribution < 1.29 is 19.1 Å². The molecule has 1 aromatic rings. The van der Waals surface area contributed by atoms with Crippen LogP contribution in [0.4, 0.5) is 5.69 Å². The predicted octanol–water partition coefficient (Wildman–Crippen LogP) is 2.24. The molecule has 0 unspecified atom stereocenters. The smallest absolute Gasteiger partial charge is 0.231 e. The topological polar surface area (TPSA) is 64.6 Å². The van der Waals surface area contributed by atoms with E-state index >= 15 is 0 Å². The molecule has 5 nitrogen and oxygen atoms in total. The first-order valence-electron chi connectivity index (χ1n) is 5.92. The molecule has 1 amide bonds. The van der Waals surface area contributed by atoms with E-state index in [4.69, 9.17) is 9.47 Å². The molecule has 0 spiro atoms. The number of nitrogens with one attached hydrogen (secondary N) is 1. The number of ketones is 1. The lowest BCUT2D eigenvalue weighted by atomic mass is 10.1. The fraction of sp³-hybridized carbons (Fsp3) is 0.429. The lowest BCUT2D eigenvalue weighted by molar-refractivity contribution is -0.124. The SMILES string of the molecule is COc1cc(NC(=O)CC(C)=O)c(OC)c(C)c1C. The molecule has 1 N–H and O–H groups in total. The van der Waals surface area contributed by atoms with Crippen molar-refractivity contribution in [3.8, 4) is 11.5 Å². The lowest BCUT2D eigenvalue weighted by Crippen LogP contribution is -2.16. The minimum absolute atomic E-state index is 0.154. The maximum atomic E-state index is 11.7. The van der Waals surface area contributed by atoms with E-state index in [9.17, 15) is 9.59 Å². The molecule has 0 radical (unpaired) electrons. The molecule has 19 heavy (non-hydrogen) atoms. The summed E-state index contributed by atoms with van der Waals surface area (Å²) in [6, 6.07) is 1.69. The molecule has 0 aliphatic heterocycles. The van der Waals surface area contributed by atoms with Crippen molar-refractivity contribution in [1.29, 1.82) is 0 Å². The van der Waals surface area contributed by atoms with Crippen LogP contribution in [0.25, 0.3) is 0 Å². The summed E-state index contributed by atoms with van der Waals surface area (Å²) in [7, 11) is 3.10. The molecule has 0 atom stereocenters. The Morgan fingerprint density at radius 2 is 1.79 bits per heavy atom. The Hall–Kier alpha value is -2.04. The standard InChI is InChI=1S/C14H19NO4/c1-8(16)6-13(17)15-11-7-12(18-4)9(2)10(3)14(11)19-5/h7H,6H2,1-5H3,(H,15,17). The van der Waals surface area contributed by atoms with Crippen LogP contribution >= 0.6 is 0 Å². The van der Waals surface area contributed by atoms with Crippen LogP contribution in [-0.4, -0.2) is 25.9 Å². The molecular formula is C14H19NO4. The number of benzene rings is 1. The average molecular weight is 265 g/mol. The predicted molar refractivity (Wildman–Crippen MR) is 72.9 cm³/mol. The number of carbonyl (C=O) groups excluding carboxylic acids is 2. The summed E-state index contributed by atoms with van der Waals surface area (Å²) in [6.07, 6.45) is -0.154. The van der Waals surface area contributed by atoms with E-state index in [0.29, 0.717) is 17.2 Å². The van der Waals surface area contributed by atoms with Crippen LogP contribution in [0.5, 0.6) is 11.5 Å². The molecule has 5 heteroatoms. The van der Waals surface area contributed by atoms with E-state index in [-0.39, 0.29) is 18.1 Å². The van der Waals surface area contributed by atoms with Crippen LogP contribution in [0.1, 0.15) is 24.5 Å². The first-order valence-corrected chi connectivity index (χ1v) is 5.92. The van der Waals surface area contributed by atoms with Gasteiger partial charge in [-0.1, -0.05) is 0 Å². The zero-order valence-corrected chi connectivity index (χ0v) is 11.9. The van der Waals surface area contributed by atoms with Crippen molar-refractivity contribution in [2.24, 2.45) is 0 Å². The van der Waals surface area contributed by atoms with Gasteiger partial charge < -0.3 is 14.8 Å². The zero-order valence-electron chi connectivity index (χ0n) is 11.9. The van der Waals surface area contributed by atoms with E-state index in [1.54, 1.807) is 13.2 Å². The Balaban J connectivity index is 3.15. The Morgan fingerprint density at radius 3 is 2.26 bits per heavy atom. The highest BCUT2D eigenvalue weighted by Crippen LogP contribution is 2.36. The van der Waals surface area contributed by atoms with Gasteiger partial charge in [-0.25, -0.2) is 0 Å². The summed E-state index contributed by atoms with van der Waals surface area (Å²) in [5.74, 6) is 0.690. The Labute approximate surface area is 112 Å². The van der Waals surface area contributed by atoms with Crippen molar-refractivity contribution in [2.45, 2.75) is 27.2 Å². The van der Waals surface area contributed by atoms with Gasteiger partial charge in [-0.05, 0) is 31.9 Å². The highest BCUT2D eigenvalue weighted by molar-refractivity contribution is 6.04. The van der Waals surface area contributed by atoms with Gasteiger partial charge in [0.1, 0.15) is 17.3 Å². The molecule has 1 aromatic carbocycles. The third kappa shape index (κ3) is 3.47. The maximum absolute atomic E-state index is 11.7. The molecule has 0 heterocycles. The molecule has 0 saturated heterocycles. The second-order valence-electron chi connectivity index (χ2n) is 4.34. The third-order valence-corrected chi connectivity index (χ3v) is 2.90. The molecule has 0 saturated carbocycles. The normalized spacial score (nSPS) is 9.95. The highest BCUT2D eigenvalue weighted by atomic mass is 16.5. The largest absolute Gasteiger partial charge is 0.496 e. The van der Waals surface area contributed by atoms with Gasteiger partial charge in [-0.15, -0.1) is 0 Å². The van der Waals surface area contributed by atoms with E-state index in [2.05, 4.69) is 5.32 Å². The quantitative estimate of drug-likeness (QED) is 0.829. The Morgan fingerprint density at radius 1 is 1.16 bits per heavy atom. The summed E-state index contributed by atoms with van der Waals surface area (Å²) in [4.78, 5) is 22.6. The molecular weight excluding hydrogens is 246 g/mol. The van der Waals surface area contributed by atoms with Gasteiger partial charge in [-0.3, -0.25) is 9.59 Å². The second-order valence-corrected chi connectivity index (χ2v) is 4.34. The summed E-state index contributed by atoms with van der Waals surface area (Å²) in [6.45, 7) is 5.17. The molecule has 0 aliphatic rings. The number of Topliss-reactive ketones (excluding diaryl/α,β-unsaturated/α-hetero) is 1. The number of carbonyl (C=O) groups is 2. The van der Waals surface area contributed by atoms with Crippen molar-refractivity contribution >= 4 is 17.4 Å². The molecule has 0 aromatic heterocycles. The van der Waals surface area contributed by atoms with Crippen LogP contribution < -0.4 is 14.8 Å². The van der Waals surface area contributed by atoms with Gasteiger partial charge in [0.25, 0.3) is 0 Å². The summed E-state index contributed by atoms with van der Waals surface area (Å²) >= 11 is 0. The van der Waals surface area contributed by atoms with Crippen molar-refractivity contribution in [3.05, 3.63) is 17.2 Å². The Bertz CT molecular complexity index is 509. The van der Waals surface area contributed by atoms with E-state index in [1.165, 1.54) is 14.0 Å². The van der Waals surface area contributed by atoms with E-state index in [0.717, 1.165) is 11.1 Å². The van der Waals surface area contributed by atoms with Crippen LogP contribution in [0.3, 0.4) is 0 Å². The van der Waals surface area contributed by atoms with Gasteiger partial charge in [0.2, 0.25) is 5.91 Å². The van der Waals surface area contributed by atoms with E-state index in [1.807, 2.05) is 13.8 Å². The maximum Gasteiger partial charge on any atom is 0.231 e. The average Bonchev–Trinajstić information content (AvgIpc) is 2.33. The summed E-state index contributed by atoms with van der Waals surface area (Å²) in [5, 5.41) is 2.67. The van der Waals surface area contributed by atoms with Gasteiger partial charge in [0, 0.05) is 6.07 Å². The van der Waals surface area contributed by atoms with Crippen LogP contribution in [0.2, 0.25) is 0 Å². The van der Waals surface area contributed by atoms with Crippen molar-refractivity contribution in [1.82, 2.24) is 0 Å². The number of anilines is 1. The summed E-state index contributed by atoms with van der Waals surface area (Å²) < 4.78 is 10.6. The van der Waals surface area contributed by atoms with E-state index < -0.39 is 0 Å². The third-order valence-electron chi connectivity index (χ3n) is 2.90. The van der Waals surface area contributed by atoms with Crippen LogP contribution in [0.15, 0.2) is 6.07 Å². The molecule has 0 aliphatic carbocycles. The minimum Gasteiger partial charge on any atom is -0.496 e. The fourth-order valence-corrected chi connectivity index (χ4v) is 1.85. The zero-order chi connectivity index (χ0) is 14.6. The minimum atomic E-state index is -0.365. The van der Waals surface area contributed by atoms with Crippen molar-refractivity contribution in [3.63, 3.8) is 0 Å². The number of hydrogen-bond donors (Lipinski definition) is 1. The van der Waals surface area contributed by atoms with Gasteiger partial charge in [0.05, 0.1) is 26.3 Å². The molecule has 0 fully saturated rings. The number of amides is 1. The van der Waals surface area contributed by atoms with Crippen LogP contribution in [-0.2, 0) is 9.59 Å². The van der Waals surface area contributed by atoms with Gasteiger partial charge in [0.15, 0.2) is 0 Å². The number of rotatable bonds is 5. The fourth-order valence-electron chi connectivity index (χ4n) is 1.85. The number of methoxy groups -OCH3 is 2. The van der Waals surface area contributed by atoms with Gasteiger partial charge in [-0.2, -0.15) is 0 Å². The molecule has 0 bridgehead atoms. The molecule has 1 rings (SSSR count). The second kappa shape index (κ2) is 6.22. The van der Waals surface area contributed by atoms with Crippen LogP contribution in [0, 0.1) is 13.8 Å². The Kier molecular flexibility index (Phi) is 4.92. The van der Waals surface area contributed by atoms with Crippen molar-refractivity contribution in [2.75, 3.05) is 19.5 Å². The highest BCUT2D eigenvalue weighted by Gasteiger charge is 2.16. The summed E-state index contributed by atoms with van der Waals surface area (Å²) in [5.41, 5.74) is 2.34.